The number of rotatable bonds is 12. The number of urea groups is 1. The molecule has 1 fully saturated rings. The van der Waals surface area contributed by atoms with Crippen LogP contribution in [0.15, 0.2) is 42.6 Å². The number of benzene rings is 1. The van der Waals surface area contributed by atoms with Gasteiger partial charge in [0, 0.05) is 19.4 Å². The van der Waals surface area contributed by atoms with Crippen LogP contribution in [0.1, 0.15) is 6.92 Å². The summed E-state index contributed by atoms with van der Waals surface area (Å²) in [5.41, 5.74) is 0. The number of carbonyl (C=O) groups is 2. The fourth-order valence-corrected chi connectivity index (χ4v) is 5.26. The zero-order chi connectivity index (χ0) is 27.2. The quantitative estimate of drug-likeness (QED) is 0.121. The number of ether oxygens (including phenoxy) is 3. The van der Waals surface area contributed by atoms with Gasteiger partial charge in [-0.2, -0.15) is 0 Å². The lowest BCUT2D eigenvalue weighted by molar-refractivity contribution is -0.148. The maximum absolute atomic E-state index is 13.6. The number of methoxy groups -OCH3 is 1. The number of alkyl halides is 1. The van der Waals surface area contributed by atoms with E-state index in [0.717, 1.165) is 4.90 Å². The second kappa shape index (κ2) is 12.6. The molecule has 2 aliphatic rings. The number of aliphatic hydroxyl groups is 2. The van der Waals surface area contributed by atoms with Crippen LogP contribution < -0.4 is 14.9 Å². The van der Waals surface area contributed by atoms with Gasteiger partial charge < -0.3 is 34.3 Å². The molecule has 202 valence electrons. The van der Waals surface area contributed by atoms with Gasteiger partial charge in [-0.1, -0.05) is 18.2 Å². The Morgan fingerprint density at radius 3 is 2.73 bits per heavy atom. The van der Waals surface area contributed by atoms with Gasteiger partial charge in [0.15, 0.2) is 6.23 Å². The summed E-state index contributed by atoms with van der Waals surface area (Å²) in [7, 11) is 3.25. The minimum atomic E-state index is -4.15. The van der Waals surface area contributed by atoms with E-state index in [9.17, 15) is 24.4 Å². The number of aliphatic hydroxyl groups excluding tert-OH is 2. The topological polar surface area (TPSA) is 165 Å². The number of nitrogens with one attached hydrogen (secondary N) is 2. The lowest BCUT2D eigenvalue weighted by Crippen LogP contribution is -2.56. The molecular weight excluding hydrogens is 531 g/mol. The van der Waals surface area contributed by atoms with E-state index in [2.05, 4.69) is 10.4 Å². The first-order chi connectivity index (χ1) is 17.4. The third-order valence-corrected chi connectivity index (χ3v) is 7.30. The van der Waals surface area contributed by atoms with E-state index in [4.69, 9.17) is 42.7 Å². The van der Waals surface area contributed by atoms with Gasteiger partial charge in [0.05, 0.1) is 17.5 Å². The molecule has 2 amide bonds. The van der Waals surface area contributed by atoms with Crippen LogP contribution in [0.4, 0.5) is 4.79 Å². The average Bonchev–Trinajstić information content (AvgIpc) is 3.06. The summed E-state index contributed by atoms with van der Waals surface area (Å²) in [4.78, 5) is 24.8. The van der Waals surface area contributed by atoms with Gasteiger partial charge in [0.25, 0.3) is 0 Å². The monoisotopic (exact) mass is 559 g/mol. The summed E-state index contributed by atoms with van der Waals surface area (Å²) in [5.74, 6) is -0.402. The van der Waals surface area contributed by atoms with Gasteiger partial charge in [-0.15, -0.1) is 11.6 Å². The molecule has 2 unspecified atom stereocenters. The molecule has 0 aromatic heterocycles. The number of halogens is 1. The molecule has 2 aliphatic heterocycles. The van der Waals surface area contributed by atoms with Crippen LogP contribution in [0.3, 0.4) is 0 Å². The third-order valence-electron chi connectivity index (χ3n) is 5.19. The van der Waals surface area contributed by atoms with Gasteiger partial charge >= 0.3 is 19.7 Å². The zero-order valence-corrected chi connectivity index (χ0v) is 21.7. The minimum absolute atomic E-state index is 0.172. The molecule has 2 heterocycles. The van der Waals surface area contributed by atoms with Crippen LogP contribution in [-0.4, -0.2) is 97.4 Å². The zero-order valence-electron chi connectivity index (χ0n) is 20.1. The van der Waals surface area contributed by atoms with Crippen LogP contribution in [-0.2, 0) is 28.1 Å². The van der Waals surface area contributed by atoms with E-state index in [0.29, 0.717) is 0 Å². The molecule has 4 N–H and O–H groups in total. The van der Waals surface area contributed by atoms with E-state index >= 15 is 0 Å². The average molecular weight is 560 g/mol. The van der Waals surface area contributed by atoms with E-state index in [1.807, 2.05) is 0 Å². The van der Waals surface area contributed by atoms with Crippen molar-refractivity contribution in [2.75, 3.05) is 26.9 Å². The number of hydrogen-bond acceptors (Lipinski definition) is 10. The second-order valence-corrected chi connectivity index (χ2v) is 10.6. The Bertz CT molecular complexity index is 1020. The van der Waals surface area contributed by atoms with Crippen molar-refractivity contribution in [1.82, 2.24) is 15.3 Å². The Labute approximate surface area is 220 Å². The molecule has 0 saturated carbocycles. The molecule has 1 aromatic carbocycles. The van der Waals surface area contributed by atoms with Crippen molar-refractivity contribution in [3.8, 4) is 5.75 Å². The van der Waals surface area contributed by atoms with Crippen molar-refractivity contribution in [3.05, 3.63) is 42.6 Å². The van der Waals surface area contributed by atoms with Crippen LogP contribution in [0.5, 0.6) is 5.75 Å². The second-order valence-electron chi connectivity index (χ2n) is 8.29. The number of carbonyl (C=O) groups excluding carboxylic acids is 2. The highest BCUT2D eigenvalue weighted by atomic mass is 35.5. The fourth-order valence-electron chi connectivity index (χ4n) is 3.43. The summed E-state index contributed by atoms with van der Waals surface area (Å²) in [6, 6.07) is 6.71. The largest absolute Gasteiger partial charge is 0.462 e. The Balaban J connectivity index is 1.70. The lowest BCUT2D eigenvalue weighted by Gasteiger charge is -2.35. The van der Waals surface area contributed by atoms with Crippen LogP contribution >= 0.6 is 19.3 Å². The summed E-state index contributed by atoms with van der Waals surface area (Å²) in [5, 5.41) is 25.1. The number of hydrogen-bond donors (Lipinski definition) is 4. The van der Waals surface area contributed by atoms with Crippen molar-refractivity contribution >= 4 is 39.2 Å². The molecule has 1 saturated heterocycles. The van der Waals surface area contributed by atoms with E-state index in [1.165, 1.54) is 19.4 Å². The van der Waals surface area contributed by atoms with E-state index < -0.39 is 61.8 Å². The molecule has 2 radical (unpaired) electrons. The molecule has 7 atom stereocenters. The minimum Gasteiger partial charge on any atom is -0.462 e. The van der Waals surface area contributed by atoms with Crippen LogP contribution in [0.25, 0.3) is 0 Å². The molecule has 37 heavy (non-hydrogen) atoms. The van der Waals surface area contributed by atoms with Crippen molar-refractivity contribution < 1.29 is 47.6 Å². The van der Waals surface area contributed by atoms with Gasteiger partial charge in [0.1, 0.15) is 39.1 Å². The Morgan fingerprint density at radius 1 is 1.38 bits per heavy atom. The van der Waals surface area contributed by atoms with Gasteiger partial charge in [0.2, 0.25) is 0 Å². The fraction of sp³-hybridized carbons (Fsp3) is 0.524. The number of nitrogens with zero attached hydrogens (tertiary/aromatic N) is 1. The highest BCUT2D eigenvalue weighted by molar-refractivity contribution is 7.52. The molecule has 3 rings (SSSR count). The Hall–Kier alpha value is -2.16. The van der Waals surface area contributed by atoms with Gasteiger partial charge in [-0.3, -0.25) is 9.42 Å². The molecular formula is C21H28BClN3O10P. The molecule has 1 aromatic rings. The summed E-state index contributed by atoms with van der Waals surface area (Å²) < 4.78 is 38.2. The SMILES string of the molecule is [B][C@]1(Cl)[C@H](O)[C@@H](COP(=O)(N[C@@H](C)COC(=O)COC)Oc2ccccc2)O[C@H]1N1C=CC(O)NC1=O. The summed E-state index contributed by atoms with van der Waals surface area (Å²) >= 11 is 6.33. The van der Waals surface area contributed by atoms with Crippen molar-refractivity contribution in [2.45, 2.75) is 42.4 Å². The Morgan fingerprint density at radius 2 is 2.08 bits per heavy atom. The first-order valence-electron chi connectivity index (χ1n) is 11.1. The molecule has 16 heteroatoms. The highest BCUT2D eigenvalue weighted by Gasteiger charge is 2.55. The maximum Gasteiger partial charge on any atom is 0.459 e. The smallest absolute Gasteiger partial charge is 0.459 e. The third kappa shape index (κ3) is 7.68. The van der Waals surface area contributed by atoms with Crippen molar-refractivity contribution in [3.63, 3.8) is 0 Å². The van der Waals surface area contributed by atoms with Gasteiger partial charge in [-0.05, 0) is 25.1 Å². The predicted molar refractivity (Wildman–Crippen MR) is 131 cm³/mol. The summed E-state index contributed by atoms with van der Waals surface area (Å²) in [6.07, 6.45) is -2.90. The normalized spacial score (nSPS) is 29.9. The first-order valence-corrected chi connectivity index (χ1v) is 13.1. The van der Waals surface area contributed by atoms with E-state index in [-0.39, 0.29) is 19.0 Å². The lowest BCUT2D eigenvalue weighted by atomic mass is 9.79. The first kappa shape index (κ1) is 29.4. The maximum atomic E-state index is 13.6. The van der Waals surface area contributed by atoms with Crippen LogP contribution in [0, 0.1) is 0 Å². The van der Waals surface area contributed by atoms with Crippen LogP contribution in [0.2, 0.25) is 0 Å². The highest BCUT2D eigenvalue weighted by Crippen LogP contribution is 2.46. The molecule has 0 aliphatic carbocycles. The molecule has 0 bridgehead atoms. The number of amides is 2. The predicted octanol–water partition coefficient (Wildman–Crippen LogP) is 0.404. The van der Waals surface area contributed by atoms with Crippen molar-refractivity contribution in [2.24, 2.45) is 0 Å². The number of para-hydroxylation sites is 1. The van der Waals surface area contributed by atoms with E-state index in [1.54, 1.807) is 37.3 Å². The molecule has 13 nitrogen and oxygen atoms in total. The summed E-state index contributed by atoms with van der Waals surface area (Å²) in [6.45, 7) is 0.648. The standard InChI is InChI=1S/C21H28BClN3O10P/c1-13(10-33-17(28)12-32-2)25-37(31,36-14-6-4-3-5-7-14)34-11-15-18(29)21(22,23)19(35-15)26-9-8-16(27)24-20(26)30/h3-9,13,15-16,18-19,27,29H,10-12H2,1-2H3,(H,24,30)(H,25,31)/t13-,15+,16?,18+,19+,21-,37?/m0/s1. The molecule has 0 spiro atoms. The van der Waals surface area contributed by atoms with Gasteiger partial charge in [-0.25, -0.2) is 19.2 Å². The number of esters is 1. The Kier molecular flexibility index (Phi) is 10.0. The van der Waals surface area contributed by atoms with Crippen molar-refractivity contribution in [1.29, 1.82) is 0 Å².